The van der Waals surface area contributed by atoms with Crippen LogP contribution in [-0.4, -0.2) is 20.1 Å². The Labute approximate surface area is 145 Å². The minimum atomic E-state index is -0.486. The first-order valence-corrected chi connectivity index (χ1v) is 7.73. The van der Waals surface area contributed by atoms with E-state index >= 15 is 0 Å². The van der Waals surface area contributed by atoms with E-state index in [9.17, 15) is 9.18 Å². The normalized spacial score (nSPS) is 11.8. The third-order valence-corrected chi connectivity index (χ3v) is 4.07. The van der Waals surface area contributed by atoms with Crippen LogP contribution in [0.25, 0.3) is 0 Å². The maximum atomic E-state index is 13.1. The molecule has 24 heavy (non-hydrogen) atoms. The number of rotatable bonds is 5. The lowest BCUT2D eigenvalue weighted by Crippen LogP contribution is -2.27. The largest absolute Gasteiger partial charge is 0.493 e. The first-order valence-electron chi connectivity index (χ1n) is 7.35. The average Bonchev–Trinajstić information content (AvgIpc) is 2.54. The standard InChI is InChI=1S/C18H19ClFNO3/c1-10-7-16(23-3)17(24-4)9-14(10)11(2)21-18(22)13-6-5-12(20)8-15(13)19/h5-9,11H,1-4H3,(H,21,22)/t11-/m1/s1. The molecule has 0 fully saturated rings. The summed E-state index contributed by atoms with van der Waals surface area (Å²) in [6, 6.07) is 7.06. The molecule has 2 aromatic carbocycles. The smallest absolute Gasteiger partial charge is 0.253 e. The van der Waals surface area contributed by atoms with Gasteiger partial charge in [0.1, 0.15) is 5.82 Å². The van der Waals surface area contributed by atoms with Crippen LogP contribution in [0, 0.1) is 12.7 Å². The van der Waals surface area contributed by atoms with Crippen LogP contribution in [0.2, 0.25) is 5.02 Å². The minimum Gasteiger partial charge on any atom is -0.493 e. The van der Waals surface area contributed by atoms with Gasteiger partial charge in [-0.25, -0.2) is 4.39 Å². The van der Waals surface area contributed by atoms with Gasteiger partial charge in [-0.3, -0.25) is 4.79 Å². The summed E-state index contributed by atoms with van der Waals surface area (Å²) >= 11 is 5.94. The maximum absolute atomic E-state index is 13.1. The highest BCUT2D eigenvalue weighted by molar-refractivity contribution is 6.33. The lowest BCUT2D eigenvalue weighted by molar-refractivity contribution is 0.0940. The number of methoxy groups -OCH3 is 2. The van der Waals surface area contributed by atoms with Gasteiger partial charge in [-0.15, -0.1) is 0 Å². The monoisotopic (exact) mass is 351 g/mol. The topological polar surface area (TPSA) is 47.6 Å². The molecule has 0 saturated carbocycles. The van der Waals surface area contributed by atoms with E-state index in [1.54, 1.807) is 14.2 Å². The Morgan fingerprint density at radius 1 is 1.17 bits per heavy atom. The van der Waals surface area contributed by atoms with E-state index in [4.69, 9.17) is 21.1 Å². The Morgan fingerprint density at radius 3 is 2.38 bits per heavy atom. The Morgan fingerprint density at radius 2 is 1.79 bits per heavy atom. The average molecular weight is 352 g/mol. The summed E-state index contributed by atoms with van der Waals surface area (Å²) in [5, 5.41) is 2.93. The van der Waals surface area contributed by atoms with Crippen LogP contribution in [0.4, 0.5) is 4.39 Å². The fourth-order valence-corrected chi connectivity index (χ4v) is 2.74. The number of carbonyl (C=O) groups is 1. The highest BCUT2D eigenvalue weighted by atomic mass is 35.5. The van der Waals surface area contributed by atoms with E-state index in [2.05, 4.69) is 5.32 Å². The summed E-state index contributed by atoms with van der Waals surface area (Å²) in [6.07, 6.45) is 0. The van der Waals surface area contributed by atoms with Crippen molar-refractivity contribution in [3.63, 3.8) is 0 Å². The zero-order valence-corrected chi connectivity index (χ0v) is 14.7. The number of hydrogen-bond donors (Lipinski definition) is 1. The molecule has 128 valence electrons. The number of ether oxygens (including phenoxy) is 2. The van der Waals surface area contributed by atoms with Crippen molar-refractivity contribution in [1.29, 1.82) is 0 Å². The zero-order valence-electron chi connectivity index (χ0n) is 13.9. The lowest BCUT2D eigenvalue weighted by Gasteiger charge is -2.19. The van der Waals surface area contributed by atoms with Crippen molar-refractivity contribution in [3.8, 4) is 11.5 Å². The molecule has 0 aliphatic carbocycles. The molecule has 0 aliphatic heterocycles. The van der Waals surface area contributed by atoms with E-state index in [1.807, 2.05) is 26.0 Å². The Balaban J connectivity index is 2.26. The van der Waals surface area contributed by atoms with Crippen LogP contribution < -0.4 is 14.8 Å². The first-order chi connectivity index (χ1) is 11.4. The second kappa shape index (κ2) is 7.53. The summed E-state index contributed by atoms with van der Waals surface area (Å²) in [7, 11) is 3.12. The molecule has 0 aromatic heterocycles. The van der Waals surface area contributed by atoms with Crippen LogP contribution in [-0.2, 0) is 0 Å². The minimum absolute atomic E-state index is 0.0729. The van der Waals surface area contributed by atoms with E-state index in [0.29, 0.717) is 11.5 Å². The molecule has 2 aromatic rings. The summed E-state index contributed by atoms with van der Waals surface area (Å²) in [5.74, 6) is 0.347. The lowest BCUT2D eigenvalue weighted by atomic mass is 10.0. The van der Waals surface area contributed by atoms with Gasteiger partial charge in [0, 0.05) is 0 Å². The molecule has 0 heterocycles. The molecule has 1 N–H and O–H groups in total. The first kappa shape index (κ1) is 18.1. The van der Waals surface area contributed by atoms with Gasteiger partial charge in [-0.1, -0.05) is 11.6 Å². The number of benzene rings is 2. The van der Waals surface area contributed by atoms with Crippen molar-refractivity contribution in [2.45, 2.75) is 19.9 Å². The van der Waals surface area contributed by atoms with Crippen molar-refractivity contribution < 1.29 is 18.7 Å². The molecule has 6 heteroatoms. The molecule has 2 rings (SSSR count). The molecule has 0 saturated heterocycles. The highest BCUT2D eigenvalue weighted by Crippen LogP contribution is 2.33. The SMILES string of the molecule is COc1cc(C)c([C@@H](C)NC(=O)c2ccc(F)cc2Cl)cc1OC. The summed E-state index contributed by atoms with van der Waals surface area (Å²) in [4.78, 5) is 12.4. The Kier molecular flexibility index (Phi) is 5.67. The van der Waals surface area contributed by atoms with Crippen LogP contribution in [0.3, 0.4) is 0 Å². The van der Waals surface area contributed by atoms with E-state index in [-0.39, 0.29) is 22.5 Å². The molecule has 0 unspecified atom stereocenters. The van der Waals surface area contributed by atoms with Crippen molar-refractivity contribution >= 4 is 17.5 Å². The number of nitrogens with one attached hydrogen (secondary N) is 1. The van der Waals surface area contributed by atoms with E-state index in [1.165, 1.54) is 12.1 Å². The predicted octanol–water partition coefficient (Wildman–Crippen LogP) is 4.30. The van der Waals surface area contributed by atoms with Crippen LogP contribution >= 0.6 is 11.6 Å². The van der Waals surface area contributed by atoms with Crippen molar-refractivity contribution in [2.24, 2.45) is 0 Å². The van der Waals surface area contributed by atoms with Gasteiger partial charge in [0.05, 0.1) is 30.8 Å². The molecule has 4 nitrogen and oxygen atoms in total. The molecule has 0 bridgehead atoms. The van der Waals surface area contributed by atoms with Gasteiger partial charge in [-0.05, 0) is 55.3 Å². The number of hydrogen-bond acceptors (Lipinski definition) is 3. The van der Waals surface area contributed by atoms with Crippen LogP contribution in [0.1, 0.15) is 34.5 Å². The zero-order chi connectivity index (χ0) is 17.9. The van der Waals surface area contributed by atoms with Gasteiger partial charge in [0.25, 0.3) is 5.91 Å². The molecule has 0 aliphatic rings. The van der Waals surface area contributed by atoms with Crippen molar-refractivity contribution in [2.75, 3.05) is 14.2 Å². The third kappa shape index (κ3) is 3.79. The molecule has 0 spiro atoms. The Bertz CT molecular complexity index is 764. The molecule has 1 atom stereocenters. The van der Waals surface area contributed by atoms with E-state index in [0.717, 1.165) is 17.2 Å². The van der Waals surface area contributed by atoms with Gasteiger partial charge in [-0.2, -0.15) is 0 Å². The van der Waals surface area contributed by atoms with Crippen LogP contribution in [0.15, 0.2) is 30.3 Å². The fraction of sp³-hybridized carbons (Fsp3) is 0.278. The molecular weight excluding hydrogens is 333 g/mol. The van der Waals surface area contributed by atoms with Gasteiger partial charge in [0.15, 0.2) is 11.5 Å². The van der Waals surface area contributed by atoms with Gasteiger partial charge in [0.2, 0.25) is 0 Å². The highest BCUT2D eigenvalue weighted by Gasteiger charge is 2.18. The second-order valence-electron chi connectivity index (χ2n) is 5.38. The van der Waals surface area contributed by atoms with Gasteiger partial charge < -0.3 is 14.8 Å². The fourth-order valence-electron chi connectivity index (χ4n) is 2.49. The second-order valence-corrected chi connectivity index (χ2v) is 5.79. The number of aryl methyl sites for hydroxylation is 1. The summed E-state index contributed by atoms with van der Waals surface area (Å²) in [6.45, 7) is 3.77. The van der Waals surface area contributed by atoms with Gasteiger partial charge >= 0.3 is 0 Å². The van der Waals surface area contributed by atoms with Crippen molar-refractivity contribution in [1.82, 2.24) is 5.32 Å². The van der Waals surface area contributed by atoms with Crippen molar-refractivity contribution in [3.05, 3.63) is 57.9 Å². The predicted molar refractivity (Wildman–Crippen MR) is 91.6 cm³/mol. The van der Waals surface area contributed by atoms with E-state index < -0.39 is 5.82 Å². The molecular formula is C18H19ClFNO3. The third-order valence-electron chi connectivity index (χ3n) is 3.76. The summed E-state index contributed by atoms with van der Waals surface area (Å²) < 4.78 is 23.7. The quantitative estimate of drug-likeness (QED) is 0.873. The summed E-state index contributed by atoms with van der Waals surface area (Å²) in [5.41, 5.74) is 2.06. The molecule has 0 radical (unpaired) electrons. The van der Waals surface area contributed by atoms with Crippen LogP contribution in [0.5, 0.6) is 11.5 Å². The molecule has 1 amide bonds. The maximum Gasteiger partial charge on any atom is 0.253 e. The number of halogens is 2. The number of carbonyl (C=O) groups excluding carboxylic acids is 1. The Hall–Kier alpha value is -2.27. The number of amides is 1.